The summed E-state index contributed by atoms with van der Waals surface area (Å²) in [6.07, 6.45) is 1.63. The van der Waals surface area contributed by atoms with Gasteiger partial charge in [0.05, 0.1) is 25.3 Å². The minimum atomic E-state index is -0.491. The molecule has 1 amide bonds. The number of amides is 1. The quantitative estimate of drug-likeness (QED) is 0.357. The number of carbonyl (C=O) groups excluding carboxylic acids is 2. The van der Waals surface area contributed by atoms with Crippen molar-refractivity contribution in [2.24, 2.45) is 0 Å². The topological polar surface area (TPSA) is 74.3 Å². The van der Waals surface area contributed by atoms with E-state index in [4.69, 9.17) is 18.9 Å². The Morgan fingerprint density at radius 1 is 1.07 bits per heavy atom. The van der Waals surface area contributed by atoms with Crippen LogP contribution in [0, 0.1) is 0 Å². The van der Waals surface area contributed by atoms with Gasteiger partial charge < -0.3 is 23.8 Å². The largest absolute Gasteiger partial charge is 0.492 e. The van der Waals surface area contributed by atoms with Crippen molar-refractivity contribution in [3.05, 3.63) is 65.4 Å². The van der Waals surface area contributed by atoms with Crippen molar-refractivity contribution in [1.29, 1.82) is 0 Å². The second-order valence-electron chi connectivity index (χ2n) is 6.42. The molecule has 0 aromatic heterocycles. The summed E-state index contributed by atoms with van der Waals surface area (Å²) in [6.45, 7) is 5.15. The minimum Gasteiger partial charge on any atom is -0.492 e. The van der Waals surface area contributed by atoms with Crippen LogP contribution in [0.25, 0.3) is 6.08 Å². The smallest absolute Gasteiger partial charge is 0.373 e. The van der Waals surface area contributed by atoms with Crippen molar-refractivity contribution < 1.29 is 28.5 Å². The number of esters is 1. The van der Waals surface area contributed by atoms with Crippen molar-refractivity contribution in [3.63, 3.8) is 0 Å². The van der Waals surface area contributed by atoms with Crippen molar-refractivity contribution >= 4 is 18.0 Å². The van der Waals surface area contributed by atoms with Crippen molar-refractivity contribution in [1.82, 2.24) is 4.90 Å². The van der Waals surface area contributed by atoms with Crippen molar-refractivity contribution in [2.75, 3.05) is 33.1 Å². The normalized spacial score (nSPS) is 13.3. The van der Waals surface area contributed by atoms with Crippen LogP contribution >= 0.6 is 0 Å². The summed E-state index contributed by atoms with van der Waals surface area (Å²) in [5, 5.41) is 0. The molecule has 0 atom stereocenters. The molecule has 0 spiro atoms. The number of carbonyl (C=O) groups is 2. The number of para-hydroxylation sites is 1. The first kappa shape index (κ1) is 21.2. The van der Waals surface area contributed by atoms with Gasteiger partial charge in [0.25, 0.3) is 5.91 Å². The zero-order valence-corrected chi connectivity index (χ0v) is 17.1. The third kappa shape index (κ3) is 5.31. The van der Waals surface area contributed by atoms with Gasteiger partial charge in [-0.15, -0.1) is 0 Å². The van der Waals surface area contributed by atoms with Crippen LogP contribution in [0.4, 0.5) is 0 Å². The van der Waals surface area contributed by atoms with E-state index in [0.29, 0.717) is 36.8 Å². The van der Waals surface area contributed by atoms with Crippen molar-refractivity contribution in [2.45, 2.75) is 13.8 Å². The molecule has 7 heteroatoms. The second-order valence-corrected chi connectivity index (χ2v) is 6.42. The van der Waals surface area contributed by atoms with Crippen LogP contribution in [0.15, 0.2) is 54.3 Å². The average molecular weight is 411 g/mol. The number of fused-ring (bicyclic) bond motifs is 1. The molecule has 3 rings (SSSR count). The Bertz CT molecular complexity index is 906. The molecule has 30 heavy (non-hydrogen) atoms. The average Bonchev–Trinajstić information content (AvgIpc) is 2.76. The highest BCUT2D eigenvalue weighted by atomic mass is 16.6. The van der Waals surface area contributed by atoms with Crippen LogP contribution in [-0.2, 0) is 14.3 Å². The lowest BCUT2D eigenvalue weighted by molar-refractivity contribution is -0.142. The number of hydrogen-bond donors (Lipinski definition) is 0. The summed E-state index contributed by atoms with van der Waals surface area (Å²) in [4.78, 5) is 26.0. The van der Waals surface area contributed by atoms with Gasteiger partial charge >= 0.3 is 5.97 Å². The van der Waals surface area contributed by atoms with Gasteiger partial charge in [0.15, 0.2) is 6.73 Å². The Balaban J connectivity index is 1.54. The molecule has 0 saturated carbocycles. The van der Waals surface area contributed by atoms with Crippen LogP contribution in [0.2, 0.25) is 0 Å². The fraction of sp³-hybridized carbons (Fsp3) is 0.304. The highest BCUT2D eigenvalue weighted by Gasteiger charge is 2.24. The molecule has 1 heterocycles. The number of benzene rings is 2. The molecule has 2 aromatic carbocycles. The zero-order valence-electron chi connectivity index (χ0n) is 17.1. The van der Waals surface area contributed by atoms with E-state index in [9.17, 15) is 9.59 Å². The Labute approximate surface area is 175 Å². The monoisotopic (exact) mass is 411 g/mol. The predicted octanol–water partition coefficient (Wildman–Crippen LogP) is 3.50. The van der Waals surface area contributed by atoms with E-state index in [1.165, 1.54) is 0 Å². The van der Waals surface area contributed by atoms with Crippen LogP contribution in [-0.4, -0.2) is 49.9 Å². The fourth-order valence-corrected chi connectivity index (χ4v) is 2.91. The van der Waals surface area contributed by atoms with Crippen LogP contribution < -0.4 is 9.47 Å². The van der Waals surface area contributed by atoms with Crippen LogP contribution in [0.3, 0.4) is 0 Å². The lowest BCUT2D eigenvalue weighted by atomic mass is 10.1. The highest BCUT2D eigenvalue weighted by molar-refractivity contribution is 5.97. The van der Waals surface area contributed by atoms with E-state index in [2.05, 4.69) is 0 Å². The summed E-state index contributed by atoms with van der Waals surface area (Å²) in [5.41, 5.74) is 1.35. The first-order chi connectivity index (χ1) is 14.6. The predicted molar refractivity (Wildman–Crippen MR) is 111 cm³/mol. The van der Waals surface area contributed by atoms with E-state index >= 15 is 0 Å². The molecule has 0 aliphatic carbocycles. The Hall–Kier alpha value is -3.48. The molecule has 158 valence electrons. The van der Waals surface area contributed by atoms with Crippen LogP contribution in [0.1, 0.15) is 29.8 Å². The maximum absolute atomic E-state index is 12.5. The molecular weight excluding hydrogens is 386 g/mol. The van der Waals surface area contributed by atoms with Crippen molar-refractivity contribution in [3.8, 4) is 11.5 Å². The zero-order chi connectivity index (χ0) is 21.3. The van der Waals surface area contributed by atoms with E-state index in [1.54, 1.807) is 49.1 Å². The summed E-state index contributed by atoms with van der Waals surface area (Å²) in [5.74, 6) is 0.875. The molecule has 0 N–H and O–H groups in total. The Morgan fingerprint density at radius 3 is 2.53 bits per heavy atom. The first-order valence-electron chi connectivity index (χ1n) is 9.88. The highest BCUT2D eigenvalue weighted by Crippen LogP contribution is 2.24. The van der Waals surface area contributed by atoms with Gasteiger partial charge in [-0.05, 0) is 49.8 Å². The number of ether oxygens (including phenoxy) is 4. The van der Waals surface area contributed by atoms with Gasteiger partial charge in [-0.2, -0.15) is 0 Å². The van der Waals surface area contributed by atoms with E-state index in [1.807, 2.05) is 24.3 Å². The minimum absolute atomic E-state index is 0.0663. The molecule has 0 saturated heterocycles. The third-order valence-electron chi connectivity index (χ3n) is 4.36. The molecule has 0 fully saturated rings. The number of rotatable bonds is 9. The summed E-state index contributed by atoms with van der Waals surface area (Å²) >= 11 is 0. The summed E-state index contributed by atoms with van der Waals surface area (Å²) < 4.78 is 21.7. The standard InChI is InChI=1S/C23H25NO6/c1-3-27-21(23(26)28-4-2)15-17-9-11-18(12-10-17)29-14-13-24-16-30-20-8-6-5-7-19(20)22(24)25/h5-12,15H,3-4,13-14,16H2,1-2H3/b21-15+. The third-order valence-corrected chi connectivity index (χ3v) is 4.36. The van der Waals surface area contributed by atoms with Gasteiger partial charge in [-0.3, -0.25) is 4.79 Å². The number of hydrogen-bond acceptors (Lipinski definition) is 6. The molecule has 2 aromatic rings. The molecule has 1 aliphatic rings. The molecule has 7 nitrogen and oxygen atoms in total. The summed E-state index contributed by atoms with van der Waals surface area (Å²) in [6, 6.07) is 14.4. The van der Waals surface area contributed by atoms with Gasteiger partial charge in [-0.25, -0.2) is 4.79 Å². The van der Waals surface area contributed by atoms with E-state index in [-0.39, 0.29) is 25.0 Å². The number of nitrogens with zero attached hydrogens (tertiary/aromatic N) is 1. The van der Waals surface area contributed by atoms with Gasteiger partial charge in [0, 0.05) is 0 Å². The van der Waals surface area contributed by atoms with E-state index in [0.717, 1.165) is 5.56 Å². The SMILES string of the molecule is CCOC(=O)/C(=C\c1ccc(OCCN2COc3ccccc3C2=O)cc1)OCC. The van der Waals surface area contributed by atoms with Gasteiger partial charge in [-0.1, -0.05) is 24.3 Å². The maximum Gasteiger partial charge on any atom is 0.373 e. The fourth-order valence-electron chi connectivity index (χ4n) is 2.91. The first-order valence-corrected chi connectivity index (χ1v) is 9.88. The lowest BCUT2D eigenvalue weighted by Crippen LogP contribution is -2.40. The molecular formula is C23H25NO6. The molecule has 0 radical (unpaired) electrons. The maximum atomic E-state index is 12.5. The molecule has 0 unspecified atom stereocenters. The van der Waals surface area contributed by atoms with E-state index < -0.39 is 5.97 Å². The Kier molecular flexibility index (Phi) is 7.32. The molecule has 1 aliphatic heterocycles. The summed E-state index contributed by atoms with van der Waals surface area (Å²) in [7, 11) is 0. The molecule has 0 bridgehead atoms. The lowest BCUT2D eigenvalue weighted by Gasteiger charge is -2.28. The Morgan fingerprint density at radius 2 is 1.80 bits per heavy atom. The van der Waals surface area contributed by atoms with Gasteiger partial charge in [0.2, 0.25) is 5.76 Å². The second kappa shape index (κ2) is 10.3. The van der Waals surface area contributed by atoms with Crippen LogP contribution in [0.5, 0.6) is 11.5 Å². The van der Waals surface area contributed by atoms with Gasteiger partial charge in [0.1, 0.15) is 18.1 Å².